The van der Waals surface area contributed by atoms with E-state index < -0.39 is 0 Å². The largest absolute Gasteiger partial charge is 0.492 e. The Balaban J connectivity index is 1.58. The number of thiophene rings is 2. The molecule has 0 saturated heterocycles. The van der Waals surface area contributed by atoms with Crippen molar-refractivity contribution in [1.29, 1.82) is 0 Å². The van der Waals surface area contributed by atoms with Crippen LogP contribution in [0.5, 0.6) is 11.5 Å². The molecule has 2 aromatic rings. The van der Waals surface area contributed by atoms with Crippen molar-refractivity contribution in [2.75, 3.05) is 27.4 Å². The van der Waals surface area contributed by atoms with Gasteiger partial charge in [0.1, 0.15) is 11.5 Å². The first-order chi connectivity index (χ1) is 12.7. The van der Waals surface area contributed by atoms with Crippen molar-refractivity contribution in [3.05, 3.63) is 32.6 Å². The van der Waals surface area contributed by atoms with E-state index in [4.69, 9.17) is 18.9 Å². The van der Waals surface area contributed by atoms with Gasteiger partial charge in [-0.05, 0) is 48.6 Å². The van der Waals surface area contributed by atoms with Crippen molar-refractivity contribution >= 4 is 34.6 Å². The average Bonchev–Trinajstić information content (AvgIpc) is 3.31. The van der Waals surface area contributed by atoms with Crippen LogP contribution < -0.4 is 9.47 Å². The summed E-state index contributed by atoms with van der Waals surface area (Å²) in [5, 5.41) is 3.62. The minimum absolute atomic E-state index is 0.369. The molecule has 26 heavy (non-hydrogen) atoms. The maximum absolute atomic E-state index is 11.6. The first kappa shape index (κ1) is 20.3. The Morgan fingerprint density at radius 2 is 1.19 bits per heavy atom. The molecule has 0 aliphatic heterocycles. The highest BCUT2D eigenvalue weighted by atomic mass is 32.1. The molecule has 2 aromatic heterocycles. The van der Waals surface area contributed by atoms with Crippen molar-refractivity contribution in [2.24, 2.45) is 0 Å². The summed E-state index contributed by atoms with van der Waals surface area (Å²) in [5.41, 5.74) is 0. The van der Waals surface area contributed by atoms with Gasteiger partial charge in [0.05, 0.1) is 27.4 Å². The van der Waals surface area contributed by atoms with E-state index in [2.05, 4.69) is 0 Å². The fraction of sp³-hybridized carbons (Fsp3) is 0.444. The number of carbonyl (C=O) groups excluding carboxylic acids is 2. The second-order valence-corrected chi connectivity index (χ2v) is 7.15. The third-order valence-electron chi connectivity index (χ3n) is 3.55. The van der Waals surface area contributed by atoms with Crippen LogP contribution in [-0.4, -0.2) is 39.4 Å². The molecule has 0 N–H and O–H groups in total. The summed E-state index contributed by atoms with van der Waals surface area (Å²) in [4.78, 5) is 24.1. The average molecular weight is 399 g/mol. The van der Waals surface area contributed by atoms with Crippen LogP contribution in [-0.2, 0) is 9.47 Å². The van der Waals surface area contributed by atoms with Gasteiger partial charge in [-0.1, -0.05) is 0 Å². The summed E-state index contributed by atoms with van der Waals surface area (Å²) in [5.74, 6) is 0.426. The zero-order chi connectivity index (χ0) is 18.8. The van der Waals surface area contributed by atoms with Crippen LogP contribution in [0.15, 0.2) is 22.9 Å². The summed E-state index contributed by atoms with van der Waals surface area (Å²) in [6.45, 7) is 1.11. The van der Waals surface area contributed by atoms with Crippen LogP contribution in [0.2, 0.25) is 0 Å². The molecular weight excluding hydrogens is 376 g/mol. The molecule has 8 heteroatoms. The number of unbranched alkanes of at least 4 members (excludes halogenated alkanes) is 3. The smallest absolute Gasteiger partial charge is 0.351 e. The van der Waals surface area contributed by atoms with Crippen LogP contribution >= 0.6 is 22.7 Å². The van der Waals surface area contributed by atoms with E-state index in [1.165, 1.54) is 36.9 Å². The fourth-order valence-corrected chi connectivity index (χ4v) is 3.73. The predicted molar refractivity (Wildman–Crippen MR) is 101 cm³/mol. The van der Waals surface area contributed by atoms with Gasteiger partial charge in [0.2, 0.25) is 0 Å². The molecule has 0 atom stereocenters. The molecule has 6 nitrogen and oxygen atoms in total. The maximum Gasteiger partial charge on any atom is 0.351 e. The van der Waals surface area contributed by atoms with Crippen molar-refractivity contribution in [3.8, 4) is 11.5 Å². The lowest BCUT2D eigenvalue weighted by molar-refractivity contribution is 0.0592. The second-order valence-electron chi connectivity index (χ2n) is 5.32. The molecule has 0 aromatic carbocycles. The number of esters is 2. The van der Waals surface area contributed by atoms with Gasteiger partial charge < -0.3 is 18.9 Å². The Kier molecular flexibility index (Phi) is 8.43. The number of ether oxygens (including phenoxy) is 4. The summed E-state index contributed by atoms with van der Waals surface area (Å²) < 4.78 is 20.7. The van der Waals surface area contributed by atoms with Crippen LogP contribution in [0, 0.1) is 0 Å². The van der Waals surface area contributed by atoms with Crippen LogP contribution in [0.3, 0.4) is 0 Å². The topological polar surface area (TPSA) is 71.1 Å². The van der Waals surface area contributed by atoms with Crippen molar-refractivity contribution in [3.63, 3.8) is 0 Å². The molecule has 142 valence electrons. The van der Waals surface area contributed by atoms with Crippen LogP contribution in [0.25, 0.3) is 0 Å². The Hall–Kier alpha value is -2.06. The zero-order valence-electron chi connectivity index (χ0n) is 14.8. The molecule has 0 fully saturated rings. The van der Waals surface area contributed by atoms with E-state index in [0.29, 0.717) is 34.5 Å². The summed E-state index contributed by atoms with van der Waals surface area (Å²) >= 11 is 2.62. The van der Waals surface area contributed by atoms with E-state index >= 15 is 0 Å². The van der Waals surface area contributed by atoms with Gasteiger partial charge in [-0.2, -0.15) is 0 Å². The zero-order valence-corrected chi connectivity index (χ0v) is 16.5. The quantitative estimate of drug-likeness (QED) is 0.413. The van der Waals surface area contributed by atoms with Gasteiger partial charge in [-0.25, -0.2) is 9.59 Å². The molecule has 0 saturated carbocycles. The molecule has 0 aliphatic carbocycles. The highest BCUT2D eigenvalue weighted by molar-refractivity contribution is 7.12. The van der Waals surface area contributed by atoms with Gasteiger partial charge in [0.15, 0.2) is 9.75 Å². The van der Waals surface area contributed by atoms with E-state index in [0.717, 1.165) is 25.7 Å². The second kappa shape index (κ2) is 10.8. The van der Waals surface area contributed by atoms with E-state index in [1.807, 2.05) is 10.8 Å². The monoisotopic (exact) mass is 398 g/mol. The number of hydrogen-bond acceptors (Lipinski definition) is 8. The fourth-order valence-electron chi connectivity index (χ4n) is 2.23. The first-order valence-corrected chi connectivity index (χ1v) is 10.0. The van der Waals surface area contributed by atoms with Gasteiger partial charge in [0, 0.05) is 0 Å². The standard InChI is InChI=1S/C18H22O6S2/c1-21-17(19)15-13(7-11-25-15)23-9-5-3-4-6-10-24-14-8-12-26-16(14)18(20)22-2/h7-8,11-12H,3-6,9-10H2,1-2H3. The van der Waals surface area contributed by atoms with Crippen molar-refractivity contribution in [1.82, 2.24) is 0 Å². The molecule has 0 bridgehead atoms. The molecule has 2 heterocycles. The maximum atomic E-state index is 11.6. The highest BCUT2D eigenvalue weighted by Gasteiger charge is 2.15. The minimum atomic E-state index is -0.369. The third kappa shape index (κ3) is 5.74. The minimum Gasteiger partial charge on any atom is -0.492 e. The van der Waals surface area contributed by atoms with Crippen molar-refractivity contribution in [2.45, 2.75) is 25.7 Å². The number of hydrogen-bond donors (Lipinski definition) is 0. The Morgan fingerprint density at radius 3 is 1.58 bits per heavy atom. The van der Waals surface area contributed by atoms with Crippen LogP contribution in [0.1, 0.15) is 45.0 Å². The molecule has 0 spiro atoms. The first-order valence-electron chi connectivity index (χ1n) is 8.24. The molecule has 0 amide bonds. The lowest BCUT2D eigenvalue weighted by Gasteiger charge is -2.07. The lowest BCUT2D eigenvalue weighted by Crippen LogP contribution is -2.05. The predicted octanol–water partition coefficient (Wildman–Crippen LogP) is 4.40. The van der Waals surface area contributed by atoms with Crippen LogP contribution in [0.4, 0.5) is 0 Å². The van der Waals surface area contributed by atoms with Crippen molar-refractivity contribution < 1.29 is 28.5 Å². The molecule has 0 radical (unpaired) electrons. The summed E-state index contributed by atoms with van der Waals surface area (Å²) in [6.07, 6.45) is 3.77. The number of carbonyl (C=O) groups is 2. The van der Waals surface area contributed by atoms with Gasteiger partial charge >= 0.3 is 11.9 Å². The SMILES string of the molecule is COC(=O)c1sccc1OCCCCCCOc1ccsc1C(=O)OC. The number of methoxy groups -OCH3 is 2. The highest BCUT2D eigenvalue weighted by Crippen LogP contribution is 2.26. The summed E-state index contributed by atoms with van der Waals surface area (Å²) in [7, 11) is 2.72. The van der Waals surface area contributed by atoms with Gasteiger partial charge in [-0.15, -0.1) is 22.7 Å². The summed E-state index contributed by atoms with van der Waals surface area (Å²) in [6, 6.07) is 3.56. The third-order valence-corrected chi connectivity index (χ3v) is 5.31. The Labute approximate surface area is 160 Å². The van der Waals surface area contributed by atoms with Gasteiger partial charge in [0.25, 0.3) is 0 Å². The molecule has 2 rings (SSSR count). The Bertz CT molecular complexity index is 646. The molecule has 0 aliphatic rings. The van der Waals surface area contributed by atoms with E-state index in [-0.39, 0.29) is 11.9 Å². The Morgan fingerprint density at radius 1 is 0.769 bits per heavy atom. The van der Waals surface area contributed by atoms with Gasteiger partial charge in [-0.3, -0.25) is 0 Å². The van der Waals surface area contributed by atoms with E-state index in [1.54, 1.807) is 12.1 Å². The van der Waals surface area contributed by atoms with E-state index in [9.17, 15) is 9.59 Å². The normalized spacial score (nSPS) is 10.4. The molecule has 0 unspecified atom stereocenters. The number of rotatable bonds is 11. The lowest BCUT2D eigenvalue weighted by atomic mass is 10.2. The molecular formula is C18H22O6S2.